The van der Waals surface area contributed by atoms with E-state index in [4.69, 9.17) is 0 Å². The lowest BCUT2D eigenvalue weighted by Crippen LogP contribution is -2.53. The number of imidazole rings is 1. The number of nitrogens with one attached hydrogen (secondary N) is 1. The van der Waals surface area contributed by atoms with Crippen LogP contribution < -0.4 is 5.32 Å². The van der Waals surface area contributed by atoms with Crippen LogP contribution in [0.15, 0.2) is 18.2 Å². The van der Waals surface area contributed by atoms with Crippen LogP contribution in [0.25, 0.3) is 11.0 Å². The Morgan fingerprint density at radius 2 is 1.84 bits per heavy atom. The molecule has 1 saturated heterocycles. The van der Waals surface area contributed by atoms with E-state index in [0.29, 0.717) is 38.3 Å². The summed E-state index contributed by atoms with van der Waals surface area (Å²) in [4.78, 5) is 32.8. The first-order valence-electron chi connectivity index (χ1n) is 8.76. The van der Waals surface area contributed by atoms with Crippen LogP contribution in [0.4, 0.5) is 4.79 Å². The van der Waals surface area contributed by atoms with Gasteiger partial charge in [-0.3, -0.25) is 4.79 Å². The van der Waals surface area contributed by atoms with Gasteiger partial charge in [-0.25, -0.2) is 9.78 Å². The molecule has 1 aromatic carbocycles. The van der Waals surface area contributed by atoms with Crippen LogP contribution in [0.2, 0.25) is 0 Å². The minimum Gasteiger partial charge on any atom is -0.338 e. The van der Waals surface area contributed by atoms with Crippen LogP contribution in [0.5, 0.6) is 0 Å². The molecular formula is C18H25N5O2. The van der Waals surface area contributed by atoms with Crippen molar-refractivity contribution in [1.29, 1.82) is 0 Å². The highest BCUT2D eigenvalue weighted by molar-refractivity contribution is 5.97. The maximum Gasteiger partial charge on any atom is 0.317 e. The number of urea groups is 1. The molecule has 3 amide bonds. The molecule has 0 unspecified atom stereocenters. The number of rotatable bonds is 3. The summed E-state index contributed by atoms with van der Waals surface area (Å²) in [5.74, 6) is 0.921. The highest BCUT2D eigenvalue weighted by Gasteiger charge is 2.25. The van der Waals surface area contributed by atoms with Crippen molar-refractivity contribution in [3.05, 3.63) is 29.6 Å². The summed E-state index contributed by atoms with van der Waals surface area (Å²) >= 11 is 0. The van der Waals surface area contributed by atoms with E-state index < -0.39 is 0 Å². The Kier molecular flexibility index (Phi) is 4.92. The molecule has 1 N–H and O–H groups in total. The standard InChI is InChI=1S/C18H25N5O2/c1-4-7-19-18(25)23-10-8-22(9-11-23)17(24)14-5-6-16-15(12-14)20-13(2)21(16)3/h5-6,12H,4,7-11H2,1-3H3,(H,19,25). The zero-order chi connectivity index (χ0) is 18.0. The quantitative estimate of drug-likeness (QED) is 0.923. The second-order valence-electron chi connectivity index (χ2n) is 6.43. The fraction of sp³-hybridized carbons (Fsp3) is 0.500. The monoisotopic (exact) mass is 343 g/mol. The molecule has 3 rings (SSSR count). The minimum atomic E-state index is -0.0423. The first kappa shape index (κ1) is 17.3. The summed E-state index contributed by atoms with van der Waals surface area (Å²) in [5.41, 5.74) is 2.50. The molecule has 7 nitrogen and oxygen atoms in total. The Labute approximate surface area is 147 Å². The fourth-order valence-electron chi connectivity index (χ4n) is 3.09. The van der Waals surface area contributed by atoms with Gasteiger partial charge in [-0.2, -0.15) is 0 Å². The third-order valence-electron chi connectivity index (χ3n) is 4.73. The van der Waals surface area contributed by atoms with Crippen molar-refractivity contribution in [2.24, 2.45) is 7.05 Å². The van der Waals surface area contributed by atoms with Gasteiger partial charge < -0.3 is 19.7 Å². The number of amides is 3. The van der Waals surface area contributed by atoms with E-state index in [0.717, 1.165) is 23.3 Å². The molecule has 0 aliphatic carbocycles. The summed E-state index contributed by atoms with van der Waals surface area (Å²) in [6, 6.07) is 5.60. The van der Waals surface area contributed by atoms with Gasteiger partial charge >= 0.3 is 6.03 Å². The summed E-state index contributed by atoms with van der Waals surface area (Å²) in [6.07, 6.45) is 0.916. The molecule has 134 valence electrons. The molecular weight excluding hydrogens is 318 g/mol. The number of hydrogen-bond donors (Lipinski definition) is 1. The second-order valence-corrected chi connectivity index (χ2v) is 6.43. The number of aromatic nitrogens is 2. The van der Waals surface area contributed by atoms with Crippen LogP contribution >= 0.6 is 0 Å². The average molecular weight is 343 g/mol. The Hall–Kier alpha value is -2.57. The number of carbonyl (C=O) groups excluding carboxylic acids is 2. The SMILES string of the molecule is CCCNC(=O)N1CCN(C(=O)c2ccc3c(c2)nc(C)n3C)CC1. The third kappa shape index (κ3) is 3.45. The molecule has 1 fully saturated rings. The van der Waals surface area contributed by atoms with E-state index in [1.54, 1.807) is 9.80 Å². The molecule has 0 radical (unpaired) electrons. The molecule has 1 aliphatic heterocycles. The van der Waals surface area contributed by atoms with E-state index in [-0.39, 0.29) is 11.9 Å². The molecule has 1 aromatic heterocycles. The van der Waals surface area contributed by atoms with Crippen LogP contribution in [-0.4, -0.2) is 64.0 Å². The van der Waals surface area contributed by atoms with Crippen LogP contribution in [0.3, 0.4) is 0 Å². The topological polar surface area (TPSA) is 70.5 Å². The Bertz CT molecular complexity index is 790. The van der Waals surface area contributed by atoms with Crippen molar-refractivity contribution in [1.82, 2.24) is 24.7 Å². The van der Waals surface area contributed by atoms with E-state index in [2.05, 4.69) is 10.3 Å². The van der Waals surface area contributed by atoms with Gasteiger partial charge in [0.15, 0.2) is 0 Å². The van der Waals surface area contributed by atoms with E-state index in [1.807, 2.05) is 43.7 Å². The lowest BCUT2D eigenvalue weighted by Gasteiger charge is -2.34. The fourth-order valence-corrected chi connectivity index (χ4v) is 3.09. The predicted molar refractivity (Wildman–Crippen MR) is 96.6 cm³/mol. The van der Waals surface area contributed by atoms with Gasteiger partial charge in [0.2, 0.25) is 0 Å². The number of fused-ring (bicyclic) bond motifs is 1. The Morgan fingerprint density at radius 3 is 2.52 bits per heavy atom. The van der Waals surface area contributed by atoms with Crippen molar-refractivity contribution in [3.63, 3.8) is 0 Å². The summed E-state index contributed by atoms with van der Waals surface area (Å²) in [6.45, 7) is 6.89. The van der Waals surface area contributed by atoms with Crippen LogP contribution in [0, 0.1) is 6.92 Å². The van der Waals surface area contributed by atoms with Crippen molar-refractivity contribution in [2.75, 3.05) is 32.7 Å². The second kappa shape index (κ2) is 7.13. The van der Waals surface area contributed by atoms with Crippen LogP contribution in [0.1, 0.15) is 29.5 Å². The lowest BCUT2D eigenvalue weighted by molar-refractivity contribution is 0.0665. The van der Waals surface area contributed by atoms with Crippen molar-refractivity contribution < 1.29 is 9.59 Å². The molecule has 7 heteroatoms. The van der Waals surface area contributed by atoms with Gasteiger partial charge in [0.05, 0.1) is 11.0 Å². The summed E-state index contributed by atoms with van der Waals surface area (Å²) in [7, 11) is 1.97. The number of aryl methyl sites for hydroxylation is 2. The largest absolute Gasteiger partial charge is 0.338 e. The maximum atomic E-state index is 12.8. The average Bonchev–Trinajstić information content (AvgIpc) is 2.92. The molecule has 0 bridgehead atoms. The number of benzene rings is 1. The number of nitrogens with zero attached hydrogens (tertiary/aromatic N) is 4. The van der Waals surface area contributed by atoms with E-state index >= 15 is 0 Å². The van der Waals surface area contributed by atoms with Gasteiger partial charge in [0, 0.05) is 45.3 Å². The van der Waals surface area contributed by atoms with Gasteiger partial charge in [0.25, 0.3) is 5.91 Å². The van der Waals surface area contributed by atoms with Gasteiger partial charge in [-0.05, 0) is 31.5 Å². The molecule has 0 spiro atoms. The Balaban J connectivity index is 1.65. The molecule has 2 aromatic rings. The van der Waals surface area contributed by atoms with E-state index in [9.17, 15) is 9.59 Å². The first-order valence-corrected chi connectivity index (χ1v) is 8.76. The normalized spacial score (nSPS) is 14.8. The van der Waals surface area contributed by atoms with Crippen molar-refractivity contribution >= 4 is 23.0 Å². The number of piperazine rings is 1. The Morgan fingerprint density at radius 1 is 1.16 bits per heavy atom. The van der Waals surface area contributed by atoms with Crippen molar-refractivity contribution in [3.8, 4) is 0 Å². The first-order chi connectivity index (χ1) is 12.0. The van der Waals surface area contributed by atoms with E-state index in [1.165, 1.54) is 0 Å². The highest BCUT2D eigenvalue weighted by Crippen LogP contribution is 2.18. The smallest absolute Gasteiger partial charge is 0.317 e. The van der Waals surface area contributed by atoms with Crippen LogP contribution in [-0.2, 0) is 7.05 Å². The minimum absolute atomic E-state index is 0.00109. The lowest BCUT2D eigenvalue weighted by atomic mass is 10.1. The van der Waals surface area contributed by atoms with Gasteiger partial charge in [0.1, 0.15) is 5.82 Å². The zero-order valence-corrected chi connectivity index (χ0v) is 15.1. The highest BCUT2D eigenvalue weighted by atomic mass is 16.2. The summed E-state index contributed by atoms with van der Waals surface area (Å²) in [5, 5.41) is 2.88. The molecule has 1 aliphatic rings. The molecule has 2 heterocycles. The molecule has 0 saturated carbocycles. The number of carbonyl (C=O) groups is 2. The molecule has 25 heavy (non-hydrogen) atoms. The third-order valence-corrected chi connectivity index (χ3v) is 4.73. The predicted octanol–water partition coefficient (Wildman–Crippen LogP) is 1.76. The van der Waals surface area contributed by atoms with Gasteiger partial charge in [-0.15, -0.1) is 0 Å². The van der Waals surface area contributed by atoms with Gasteiger partial charge in [-0.1, -0.05) is 6.92 Å². The molecule has 0 atom stereocenters. The summed E-state index contributed by atoms with van der Waals surface area (Å²) < 4.78 is 2.01. The van der Waals surface area contributed by atoms with Crippen molar-refractivity contribution in [2.45, 2.75) is 20.3 Å². The zero-order valence-electron chi connectivity index (χ0n) is 15.1. The maximum absolute atomic E-state index is 12.8. The number of hydrogen-bond acceptors (Lipinski definition) is 3.